The highest BCUT2D eigenvalue weighted by Crippen LogP contribution is 2.13. The molecule has 46 heavy (non-hydrogen) atoms. The summed E-state index contributed by atoms with van der Waals surface area (Å²) in [6, 6.07) is 0. The highest BCUT2D eigenvalue weighted by atomic mass is 32.2. The summed E-state index contributed by atoms with van der Waals surface area (Å²) in [7, 11) is -0.783. The molecular formula is C33H63BO6S6. The monoisotopic (exact) mass is 758 g/mol. The molecule has 0 atom stereocenters. The summed E-state index contributed by atoms with van der Waals surface area (Å²) < 4.78 is 36.5. The Bertz CT molecular complexity index is 619. The van der Waals surface area contributed by atoms with Crippen LogP contribution in [0.4, 0.5) is 0 Å². The van der Waals surface area contributed by atoms with Crippen molar-refractivity contribution < 1.29 is 28.2 Å². The van der Waals surface area contributed by atoms with Gasteiger partial charge in [0.2, 0.25) is 13.1 Å². The van der Waals surface area contributed by atoms with Gasteiger partial charge in [0.25, 0.3) is 0 Å². The number of hydrogen-bond donors (Lipinski definition) is 0. The fraction of sp³-hybridized carbons (Fsp3) is 0.909. The van der Waals surface area contributed by atoms with Gasteiger partial charge in [0, 0.05) is 37.1 Å². The fourth-order valence-electron chi connectivity index (χ4n) is 4.19. The van der Waals surface area contributed by atoms with E-state index in [1.807, 2.05) is 0 Å². The second-order valence-electron chi connectivity index (χ2n) is 11.0. The molecule has 0 bridgehead atoms. The van der Waals surface area contributed by atoms with Gasteiger partial charge in [-0.1, -0.05) is 152 Å². The van der Waals surface area contributed by atoms with Gasteiger partial charge in [-0.25, -0.2) is 0 Å². The van der Waals surface area contributed by atoms with Crippen LogP contribution in [0.3, 0.4) is 0 Å². The summed E-state index contributed by atoms with van der Waals surface area (Å²) in [6.45, 7) is 10.0. The van der Waals surface area contributed by atoms with E-state index in [2.05, 4.69) is 20.8 Å². The molecule has 0 fully saturated rings. The molecule has 0 aromatic rings. The Morgan fingerprint density at radius 3 is 0.935 bits per heavy atom. The van der Waals surface area contributed by atoms with Crippen molar-refractivity contribution in [3.63, 3.8) is 0 Å². The molecule has 0 aromatic carbocycles. The Kier molecular flexibility index (Phi) is 39.0. The second-order valence-corrected chi connectivity index (χ2v) is 16.1. The van der Waals surface area contributed by atoms with E-state index >= 15 is 0 Å². The van der Waals surface area contributed by atoms with Crippen molar-refractivity contribution in [2.75, 3.05) is 56.9 Å². The third kappa shape index (κ3) is 36.0. The first-order chi connectivity index (χ1) is 22.5. The SMILES string of the molecule is CCCCCCCCOC(=S)SCCOB(OCCSC(=S)OCCCCCCCC)OCCSC(=S)OCCCCCCCC. The van der Waals surface area contributed by atoms with E-state index in [9.17, 15) is 0 Å². The molecule has 13 heteroatoms. The second kappa shape index (κ2) is 38.5. The van der Waals surface area contributed by atoms with Crippen LogP contribution in [0.25, 0.3) is 0 Å². The Hall–Kier alpha value is 0.665. The zero-order valence-electron chi connectivity index (χ0n) is 29.1. The van der Waals surface area contributed by atoms with Crippen LogP contribution in [-0.4, -0.2) is 77.4 Å². The molecule has 0 amide bonds. The van der Waals surface area contributed by atoms with E-state index in [4.69, 9.17) is 64.8 Å². The Labute approximate surface area is 311 Å². The zero-order chi connectivity index (χ0) is 33.8. The van der Waals surface area contributed by atoms with Gasteiger partial charge in [-0.3, -0.25) is 0 Å². The highest BCUT2D eigenvalue weighted by molar-refractivity contribution is 8.23. The van der Waals surface area contributed by atoms with Crippen molar-refractivity contribution in [3.05, 3.63) is 0 Å². The van der Waals surface area contributed by atoms with Crippen molar-refractivity contribution in [1.82, 2.24) is 0 Å². The summed E-state index contributed by atoms with van der Waals surface area (Å²) in [6.07, 6.45) is 22.1. The van der Waals surface area contributed by atoms with Gasteiger partial charge >= 0.3 is 7.32 Å². The minimum Gasteiger partial charge on any atom is -0.479 e. The summed E-state index contributed by atoms with van der Waals surface area (Å²) in [4.78, 5) is 0. The van der Waals surface area contributed by atoms with Crippen LogP contribution in [0.5, 0.6) is 0 Å². The summed E-state index contributed by atoms with van der Waals surface area (Å²) in [5, 5.41) is 0. The number of unbranched alkanes of at least 4 members (excludes halogenated alkanes) is 15. The third-order valence-corrected chi connectivity index (χ3v) is 10.4. The quantitative estimate of drug-likeness (QED) is 0.0364. The average molecular weight is 759 g/mol. The maximum atomic E-state index is 5.90. The topological polar surface area (TPSA) is 55.4 Å². The van der Waals surface area contributed by atoms with E-state index in [0.717, 1.165) is 19.3 Å². The molecule has 0 saturated carbocycles. The zero-order valence-corrected chi connectivity index (χ0v) is 34.0. The molecule has 0 spiro atoms. The Balaban J connectivity index is 4.25. The van der Waals surface area contributed by atoms with Crippen LogP contribution in [0.15, 0.2) is 0 Å². The first kappa shape index (κ1) is 46.7. The van der Waals surface area contributed by atoms with Crippen LogP contribution in [0.2, 0.25) is 0 Å². The molecule has 6 nitrogen and oxygen atoms in total. The predicted octanol–water partition coefficient (Wildman–Crippen LogP) is 11.2. The Morgan fingerprint density at radius 2 is 0.652 bits per heavy atom. The lowest BCUT2D eigenvalue weighted by Gasteiger charge is -2.15. The lowest BCUT2D eigenvalue weighted by molar-refractivity contribution is 0.109. The average Bonchev–Trinajstić information content (AvgIpc) is 3.05. The summed E-state index contributed by atoms with van der Waals surface area (Å²) >= 11 is 20.5. The summed E-state index contributed by atoms with van der Waals surface area (Å²) in [5.41, 5.74) is 0. The molecule has 0 saturated heterocycles. The van der Waals surface area contributed by atoms with Crippen molar-refractivity contribution in [2.45, 2.75) is 136 Å². The molecule has 0 aliphatic heterocycles. The maximum absolute atomic E-state index is 5.90. The third-order valence-electron chi connectivity index (χ3n) is 6.82. The molecule has 0 aliphatic carbocycles. The molecule has 0 heterocycles. The molecule has 0 aliphatic rings. The minimum atomic E-state index is -0.783. The molecule has 0 aromatic heterocycles. The van der Waals surface area contributed by atoms with Crippen LogP contribution >= 0.6 is 71.9 Å². The largest absolute Gasteiger partial charge is 0.639 e. The summed E-state index contributed by atoms with van der Waals surface area (Å²) in [5.74, 6) is 1.98. The standard InChI is InChI=1S/C33H63BO6S6/c1-4-7-10-13-16-19-22-35-31(41)44-28-25-38-34(39-26-29-45-32(42)36-23-20-17-14-11-8-5-2)40-27-30-46-33(43)37-24-21-18-15-12-9-6-3/h4-30H2,1-3H3. The molecule has 0 rings (SSSR count). The lowest BCUT2D eigenvalue weighted by atomic mass is 10.1. The van der Waals surface area contributed by atoms with Crippen molar-refractivity contribution in [3.8, 4) is 0 Å². The Morgan fingerprint density at radius 1 is 0.391 bits per heavy atom. The van der Waals surface area contributed by atoms with Gasteiger partial charge in [-0.05, 0) is 55.9 Å². The van der Waals surface area contributed by atoms with E-state index in [0.29, 0.717) is 70.0 Å². The van der Waals surface area contributed by atoms with Crippen LogP contribution < -0.4 is 0 Å². The van der Waals surface area contributed by atoms with E-state index < -0.39 is 7.32 Å². The van der Waals surface area contributed by atoms with Gasteiger partial charge in [0.15, 0.2) is 0 Å². The van der Waals surface area contributed by atoms with E-state index in [1.54, 1.807) is 0 Å². The molecule has 270 valence electrons. The van der Waals surface area contributed by atoms with Gasteiger partial charge in [0.1, 0.15) is 0 Å². The predicted molar refractivity (Wildman–Crippen MR) is 217 cm³/mol. The number of rotatable bonds is 33. The molecule has 0 unspecified atom stereocenters. The van der Waals surface area contributed by atoms with Crippen LogP contribution in [-0.2, 0) is 28.2 Å². The smallest absolute Gasteiger partial charge is 0.479 e. The van der Waals surface area contributed by atoms with Crippen molar-refractivity contribution in [2.24, 2.45) is 0 Å². The van der Waals surface area contributed by atoms with E-state index in [-0.39, 0.29) is 0 Å². The fourth-order valence-corrected chi connectivity index (χ4v) is 6.73. The van der Waals surface area contributed by atoms with Gasteiger partial charge in [0.05, 0.1) is 19.8 Å². The minimum absolute atomic E-state index is 0.426. The normalized spacial score (nSPS) is 11.0. The number of hydrogen-bond acceptors (Lipinski definition) is 12. The maximum Gasteiger partial charge on any atom is 0.639 e. The van der Waals surface area contributed by atoms with Gasteiger partial charge < -0.3 is 28.2 Å². The first-order valence-electron chi connectivity index (χ1n) is 17.8. The molecule has 0 N–H and O–H groups in total. The highest BCUT2D eigenvalue weighted by Gasteiger charge is 2.21. The lowest BCUT2D eigenvalue weighted by Crippen LogP contribution is -2.30. The van der Waals surface area contributed by atoms with Gasteiger partial charge in [-0.15, -0.1) is 0 Å². The molecular weight excluding hydrogens is 696 g/mol. The number of ether oxygens (including phenoxy) is 3. The van der Waals surface area contributed by atoms with Crippen molar-refractivity contribution >= 4 is 92.4 Å². The molecule has 0 radical (unpaired) electrons. The van der Waals surface area contributed by atoms with Crippen LogP contribution in [0.1, 0.15) is 136 Å². The van der Waals surface area contributed by atoms with Crippen LogP contribution in [0, 0.1) is 0 Å². The first-order valence-corrected chi connectivity index (χ1v) is 21.9. The number of thioether (sulfide) groups is 3. The number of thiocarbonyl (C=S) groups is 3. The van der Waals surface area contributed by atoms with Gasteiger partial charge in [-0.2, -0.15) is 0 Å². The van der Waals surface area contributed by atoms with Crippen molar-refractivity contribution in [1.29, 1.82) is 0 Å². The van der Waals surface area contributed by atoms with E-state index in [1.165, 1.54) is 132 Å².